The second kappa shape index (κ2) is 9.61. The van der Waals surface area contributed by atoms with Crippen molar-refractivity contribution in [3.63, 3.8) is 0 Å². The monoisotopic (exact) mass is 563 g/mol. The Morgan fingerprint density at radius 2 is 1.82 bits per heavy atom. The van der Waals surface area contributed by atoms with Crippen molar-refractivity contribution in [1.29, 1.82) is 0 Å². The second-order valence-corrected chi connectivity index (χ2v) is 10.5. The van der Waals surface area contributed by atoms with Gasteiger partial charge < -0.3 is 24.1 Å². The van der Waals surface area contributed by atoms with Crippen LogP contribution in [0.5, 0.6) is 0 Å². The zero-order valence-corrected chi connectivity index (χ0v) is 21.4. The Labute approximate surface area is 225 Å². The molecule has 0 radical (unpaired) electrons. The van der Waals surface area contributed by atoms with E-state index in [9.17, 15) is 23.1 Å². The summed E-state index contributed by atoms with van der Waals surface area (Å²) in [6, 6.07) is 4.34. The standard InChI is InChI=1S/C27H25F4N3O6/c1-26(2)38-12-19-24(40-26)23(34-11-18(32-33-34)13-9-16(29)22(31)17(30)10-13)21(27(39-19)7-4-8-37-27)20-14(25(35)36)5-3-6-15(20)28/h3,5-6,9-11,19,21,23-24H,4,7-8,12H2,1-2H3,(H,35,36)/t19-,21-,23+,24+,27+/m1/s1. The van der Waals surface area contributed by atoms with E-state index in [0.29, 0.717) is 12.8 Å². The fraction of sp³-hybridized carbons (Fsp3) is 0.444. The Bertz CT molecular complexity index is 1450. The van der Waals surface area contributed by atoms with E-state index >= 15 is 4.39 Å². The van der Waals surface area contributed by atoms with Crippen molar-refractivity contribution in [2.75, 3.05) is 13.2 Å². The summed E-state index contributed by atoms with van der Waals surface area (Å²) in [5.41, 5.74) is -0.537. The van der Waals surface area contributed by atoms with Crippen molar-refractivity contribution >= 4 is 5.97 Å². The molecule has 3 fully saturated rings. The van der Waals surface area contributed by atoms with Gasteiger partial charge in [0.25, 0.3) is 0 Å². The van der Waals surface area contributed by atoms with Gasteiger partial charge in [-0.3, -0.25) is 0 Å². The van der Waals surface area contributed by atoms with Crippen molar-refractivity contribution < 1.29 is 46.4 Å². The third-order valence-electron chi connectivity index (χ3n) is 7.59. The largest absolute Gasteiger partial charge is 0.478 e. The minimum absolute atomic E-state index is 0.000654. The molecule has 13 heteroatoms. The summed E-state index contributed by atoms with van der Waals surface area (Å²) in [5, 5.41) is 18.3. The zero-order chi connectivity index (χ0) is 28.4. The van der Waals surface area contributed by atoms with Gasteiger partial charge in [-0.1, -0.05) is 11.3 Å². The zero-order valence-electron chi connectivity index (χ0n) is 21.4. The van der Waals surface area contributed by atoms with Crippen molar-refractivity contribution in [2.45, 2.75) is 62.4 Å². The highest BCUT2D eigenvalue weighted by molar-refractivity contribution is 5.89. The predicted octanol–water partition coefficient (Wildman–Crippen LogP) is 4.58. The molecule has 1 spiro atoms. The average molecular weight is 564 g/mol. The maximum absolute atomic E-state index is 15.7. The highest BCUT2D eigenvalue weighted by Crippen LogP contribution is 2.55. The lowest BCUT2D eigenvalue weighted by atomic mass is 9.74. The molecule has 3 saturated heterocycles. The van der Waals surface area contributed by atoms with Gasteiger partial charge in [-0.2, -0.15) is 0 Å². The highest BCUT2D eigenvalue weighted by atomic mass is 19.2. The van der Waals surface area contributed by atoms with Crippen molar-refractivity contribution in [3.05, 3.63) is 70.9 Å². The number of hydrogen-bond donors (Lipinski definition) is 1. The Morgan fingerprint density at radius 1 is 1.07 bits per heavy atom. The molecule has 40 heavy (non-hydrogen) atoms. The van der Waals surface area contributed by atoms with Crippen molar-refractivity contribution in [3.8, 4) is 11.3 Å². The van der Waals surface area contributed by atoms with Gasteiger partial charge in [-0.05, 0) is 44.5 Å². The minimum atomic E-state index is -1.62. The van der Waals surface area contributed by atoms with Crippen molar-refractivity contribution in [1.82, 2.24) is 15.0 Å². The fourth-order valence-corrected chi connectivity index (χ4v) is 5.95. The summed E-state index contributed by atoms with van der Waals surface area (Å²) in [6.07, 6.45) is 0.648. The van der Waals surface area contributed by atoms with E-state index in [4.69, 9.17) is 18.9 Å². The average Bonchev–Trinajstić information content (AvgIpc) is 3.57. The molecule has 5 atom stereocenters. The van der Waals surface area contributed by atoms with E-state index in [1.807, 2.05) is 0 Å². The van der Waals surface area contributed by atoms with Gasteiger partial charge >= 0.3 is 5.97 Å². The number of benzene rings is 2. The molecule has 1 N–H and O–H groups in total. The number of carbonyl (C=O) groups is 1. The van der Waals surface area contributed by atoms with Crippen LogP contribution in [0.4, 0.5) is 17.6 Å². The number of rotatable bonds is 4. The van der Waals surface area contributed by atoms with Gasteiger partial charge in [0, 0.05) is 17.5 Å². The molecule has 6 rings (SSSR count). The maximum Gasteiger partial charge on any atom is 0.336 e. The van der Waals surface area contributed by atoms with Crippen LogP contribution in [0.25, 0.3) is 11.3 Å². The Balaban J connectivity index is 1.56. The third-order valence-corrected chi connectivity index (χ3v) is 7.59. The molecular weight excluding hydrogens is 538 g/mol. The van der Waals surface area contributed by atoms with Crippen LogP contribution in [0.1, 0.15) is 54.6 Å². The first-order valence-electron chi connectivity index (χ1n) is 12.7. The SMILES string of the molecule is CC1(C)OC[C@H]2O[C@@]3(CCCO3)[C@H](c3c(F)cccc3C(=O)O)[C@H](n3cc(-c4cc(F)c(F)c(F)c4)nn3)[C@H]2O1. The molecule has 1 aromatic heterocycles. The topological polar surface area (TPSA) is 105 Å². The lowest BCUT2D eigenvalue weighted by Gasteiger charge is -2.55. The van der Waals surface area contributed by atoms with Crippen molar-refractivity contribution in [2.24, 2.45) is 0 Å². The van der Waals surface area contributed by atoms with Crippen LogP contribution in [0.15, 0.2) is 36.5 Å². The number of carboxylic acid groups (broad SMARTS) is 1. The van der Waals surface area contributed by atoms with E-state index in [-0.39, 0.29) is 35.6 Å². The number of hydrogen-bond acceptors (Lipinski definition) is 7. The predicted molar refractivity (Wildman–Crippen MR) is 128 cm³/mol. The van der Waals surface area contributed by atoms with Gasteiger partial charge in [0.05, 0.1) is 36.9 Å². The third kappa shape index (κ3) is 4.37. The van der Waals surface area contributed by atoms with Gasteiger partial charge in [0.15, 0.2) is 29.0 Å². The molecule has 2 aromatic carbocycles. The van der Waals surface area contributed by atoms with Crippen LogP contribution in [0.2, 0.25) is 0 Å². The molecule has 3 aliphatic heterocycles. The molecule has 9 nitrogen and oxygen atoms in total. The molecular formula is C27H25F4N3O6. The Hall–Kier alpha value is -3.39. The first kappa shape index (κ1) is 26.8. The van der Waals surface area contributed by atoms with Crippen LogP contribution in [-0.2, 0) is 18.9 Å². The molecule has 0 bridgehead atoms. The summed E-state index contributed by atoms with van der Waals surface area (Å²) in [5.74, 6) is -10.2. The van der Waals surface area contributed by atoms with Gasteiger partial charge in [-0.25, -0.2) is 27.0 Å². The second-order valence-electron chi connectivity index (χ2n) is 10.5. The quantitative estimate of drug-likeness (QED) is 0.364. The number of nitrogens with zero attached hydrogens (tertiary/aromatic N) is 3. The molecule has 0 aliphatic carbocycles. The first-order chi connectivity index (χ1) is 19.0. The van der Waals surface area contributed by atoms with Gasteiger partial charge in [-0.15, -0.1) is 5.10 Å². The molecule has 0 amide bonds. The molecule has 4 heterocycles. The number of aromatic nitrogens is 3. The lowest BCUT2D eigenvalue weighted by molar-refractivity contribution is -0.383. The van der Waals surface area contributed by atoms with Crippen LogP contribution < -0.4 is 0 Å². The fourth-order valence-electron chi connectivity index (χ4n) is 5.95. The van der Waals surface area contributed by atoms with Crippen LogP contribution >= 0.6 is 0 Å². The molecule has 3 aliphatic rings. The van der Waals surface area contributed by atoms with E-state index < -0.39 is 65.0 Å². The Kier molecular flexibility index (Phi) is 6.44. The van der Waals surface area contributed by atoms with E-state index in [1.165, 1.54) is 23.0 Å². The molecule has 212 valence electrons. The number of aromatic carboxylic acids is 1. The number of ether oxygens (including phenoxy) is 4. The highest BCUT2D eigenvalue weighted by Gasteiger charge is 2.62. The van der Waals surface area contributed by atoms with Gasteiger partial charge in [0.1, 0.15) is 23.7 Å². The lowest BCUT2D eigenvalue weighted by Crippen LogP contribution is -2.64. The van der Waals surface area contributed by atoms with Crippen LogP contribution in [0.3, 0.4) is 0 Å². The van der Waals surface area contributed by atoms with E-state index in [0.717, 1.165) is 18.2 Å². The van der Waals surface area contributed by atoms with E-state index in [1.54, 1.807) is 13.8 Å². The summed E-state index contributed by atoms with van der Waals surface area (Å²) >= 11 is 0. The van der Waals surface area contributed by atoms with Crippen LogP contribution in [-0.4, -0.2) is 63.1 Å². The summed E-state index contributed by atoms with van der Waals surface area (Å²) in [7, 11) is 0. The minimum Gasteiger partial charge on any atom is -0.478 e. The Morgan fingerprint density at radius 3 is 2.50 bits per heavy atom. The van der Waals surface area contributed by atoms with E-state index in [2.05, 4.69) is 10.3 Å². The molecule has 0 saturated carbocycles. The number of carboxylic acids is 1. The number of halogens is 4. The normalized spacial score (nSPS) is 29.4. The molecule has 0 unspecified atom stereocenters. The summed E-state index contributed by atoms with van der Waals surface area (Å²) in [4.78, 5) is 12.3. The summed E-state index contributed by atoms with van der Waals surface area (Å²) in [6.45, 7) is 3.75. The number of fused-ring (bicyclic) bond motifs is 1. The maximum atomic E-state index is 15.7. The summed E-state index contributed by atoms with van der Waals surface area (Å²) < 4.78 is 83.3. The first-order valence-corrected chi connectivity index (χ1v) is 12.7. The smallest absolute Gasteiger partial charge is 0.336 e. The molecule has 3 aromatic rings. The van der Waals surface area contributed by atoms with Gasteiger partial charge in [0.2, 0.25) is 0 Å². The van der Waals surface area contributed by atoms with Crippen LogP contribution in [0, 0.1) is 23.3 Å².